The van der Waals surface area contributed by atoms with E-state index in [1.165, 1.54) is 6.92 Å². The van der Waals surface area contributed by atoms with Crippen LogP contribution in [-0.4, -0.2) is 59.4 Å². The van der Waals surface area contributed by atoms with Gasteiger partial charge in [0.2, 0.25) is 0 Å². The van der Waals surface area contributed by atoms with Gasteiger partial charge in [-0.1, -0.05) is 0 Å². The molecule has 0 bridgehead atoms. The highest BCUT2D eigenvalue weighted by Crippen LogP contribution is 2.18. The van der Waals surface area contributed by atoms with Gasteiger partial charge in [0.25, 0.3) is 0 Å². The fraction of sp³-hybridized carbons (Fsp3) is 0.778. The number of nitrogens with two attached hydrogens (primary N) is 1. The van der Waals surface area contributed by atoms with E-state index in [0.717, 1.165) is 0 Å². The van der Waals surface area contributed by atoms with Crippen molar-refractivity contribution < 1.29 is 24.3 Å². The summed E-state index contributed by atoms with van der Waals surface area (Å²) >= 11 is 0. The molecule has 6 heteroatoms. The molecule has 6 nitrogen and oxygen atoms in total. The van der Waals surface area contributed by atoms with Gasteiger partial charge in [0.1, 0.15) is 0 Å². The summed E-state index contributed by atoms with van der Waals surface area (Å²) in [7, 11) is 5.02. The van der Waals surface area contributed by atoms with Crippen LogP contribution in [0.5, 0.6) is 0 Å². The molecular weight excluding hydrogens is 200 g/mol. The number of nitrogens with zero attached hydrogens (tertiary/aromatic N) is 1. The van der Waals surface area contributed by atoms with Crippen LogP contribution in [0.25, 0.3) is 0 Å². The summed E-state index contributed by atoms with van der Waals surface area (Å²) < 4.78 is 0.0790. The minimum Gasteiger partial charge on any atom is -0.481 e. The van der Waals surface area contributed by atoms with Crippen molar-refractivity contribution in [2.75, 3.05) is 21.1 Å². The van der Waals surface area contributed by atoms with Gasteiger partial charge in [0.05, 0.1) is 27.6 Å². The summed E-state index contributed by atoms with van der Waals surface area (Å²) in [4.78, 5) is 21.9. The second-order valence-corrected chi connectivity index (χ2v) is 4.69. The maximum Gasteiger partial charge on any atom is 0.307 e. The SMILES string of the molecule is CC(=O)C(C(N)(O)CC(=O)O)[N+](C)(C)C. The third-order valence-corrected chi connectivity index (χ3v) is 2.07. The molecule has 0 radical (unpaired) electrons. The van der Waals surface area contributed by atoms with Gasteiger partial charge in [-0.2, -0.15) is 0 Å². The van der Waals surface area contributed by atoms with Gasteiger partial charge < -0.3 is 14.7 Å². The quantitative estimate of drug-likeness (QED) is 0.397. The van der Waals surface area contributed by atoms with Crippen molar-refractivity contribution in [3.63, 3.8) is 0 Å². The first kappa shape index (κ1) is 14.0. The number of carbonyl (C=O) groups is 2. The topological polar surface area (TPSA) is 101 Å². The van der Waals surface area contributed by atoms with Crippen LogP contribution in [0.1, 0.15) is 13.3 Å². The van der Waals surface area contributed by atoms with Gasteiger partial charge in [-0.3, -0.25) is 15.3 Å². The fourth-order valence-electron chi connectivity index (χ4n) is 1.91. The highest BCUT2D eigenvalue weighted by molar-refractivity contribution is 5.82. The lowest BCUT2D eigenvalue weighted by Crippen LogP contribution is -2.66. The molecule has 0 aromatic heterocycles. The molecule has 0 aromatic rings. The lowest BCUT2D eigenvalue weighted by atomic mass is 9.95. The van der Waals surface area contributed by atoms with Crippen LogP contribution >= 0.6 is 0 Å². The molecule has 0 aliphatic rings. The summed E-state index contributed by atoms with van der Waals surface area (Å²) in [6.07, 6.45) is -0.660. The Bertz CT molecular complexity index is 268. The van der Waals surface area contributed by atoms with Gasteiger partial charge in [0, 0.05) is 6.92 Å². The summed E-state index contributed by atoms with van der Waals surface area (Å²) in [5.41, 5.74) is 3.46. The lowest BCUT2D eigenvalue weighted by molar-refractivity contribution is -0.893. The third-order valence-electron chi connectivity index (χ3n) is 2.07. The van der Waals surface area contributed by atoms with Crippen LogP contribution in [0.15, 0.2) is 0 Å². The molecule has 0 spiro atoms. The first-order valence-corrected chi connectivity index (χ1v) is 4.53. The summed E-state index contributed by atoms with van der Waals surface area (Å²) in [6.45, 7) is 1.29. The maximum atomic E-state index is 11.4. The van der Waals surface area contributed by atoms with Crippen molar-refractivity contribution in [2.24, 2.45) is 5.73 Å². The fourth-order valence-corrected chi connectivity index (χ4v) is 1.91. The first-order valence-electron chi connectivity index (χ1n) is 4.53. The highest BCUT2D eigenvalue weighted by atomic mass is 16.4. The molecule has 0 rings (SSSR count). The molecule has 88 valence electrons. The normalized spacial score (nSPS) is 18.0. The monoisotopic (exact) mass is 219 g/mol. The van der Waals surface area contributed by atoms with Crippen molar-refractivity contribution in [1.29, 1.82) is 0 Å². The first-order chi connectivity index (χ1) is 6.48. The summed E-state index contributed by atoms with van der Waals surface area (Å²) in [5.74, 6) is -1.58. The van der Waals surface area contributed by atoms with E-state index in [1.807, 2.05) is 0 Å². The van der Waals surface area contributed by atoms with Gasteiger partial charge >= 0.3 is 5.97 Å². The van der Waals surface area contributed by atoms with Gasteiger partial charge in [-0.15, -0.1) is 0 Å². The Kier molecular flexibility index (Phi) is 3.98. The smallest absolute Gasteiger partial charge is 0.307 e. The van der Waals surface area contributed by atoms with E-state index in [0.29, 0.717) is 0 Å². The molecule has 0 aliphatic heterocycles. The van der Waals surface area contributed by atoms with Crippen molar-refractivity contribution in [2.45, 2.75) is 25.1 Å². The van der Waals surface area contributed by atoms with Gasteiger partial charge in [-0.25, -0.2) is 0 Å². The van der Waals surface area contributed by atoms with E-state index in [2.05, 4.69) is 0 Å². The third kappa shape index (κ3) is 3.94. The van der Waals surface area contributed by atoms with Crippen LogP contribution in [-0.2, 0) is 9.59 Å². The van der Waals surface area contributed by atoms with Crippen LogP contribution < -0.4 is 5.73 Å². The van der Waals surface area contributed by atoms with Crippen LogP contribution in [0.2, 0.25) is 0 Å². The molecular formula is C9H19N2O4+. The van der Waals surface area contributed by atoms with Gasteiger partial charge in [0.15, 0.2) is 17.6 Å². The van der Waals surface area contributed by atoms with Crippen molar-refractivity contribution >= 4 is 11.8 Å². The number of rotatable bonds is 5. The molecule has 0 saturated carbocycles. The van der Waals surface area contributed by atoms with Crippen molar-refractivity contribution in [1.82, 2.24) is 0 Å². The van der Waals surface area contributed by atoms with Crippen LogP contribution in [0.4, 0.5) is 0 Å². The predicted molar refractivity (Wildman–Crippen MR) is 53.9 cm³/mol. The molecule has 0 amide bonds. The molecule has 15 heavy (non-hydrogen) atoms. The second-order valence-electron chi connectivity index (χ2n) is 4.69. The average molecular weight is 219 g/mol. The number of hydrogen-bond donors (Lipinski definition) is 3. The van der Waals surface area contributed by atoms with E-state index in [1.54, 1.807) is 21.1 Å². The Morgan fingerprint density at radius 1 is 1.40 bits per heavy atom. The zero-order valence-corrected chi connectivity index (χ0v) is 9.52. The number of aliphatic carboxylic acids is 1. The highest BCUT2D eigenvalue weighted by Gasteiger charge is 2.47. The lowest BCUT2D eigenvalue weighted by Gasteiger charge is -2.39. The Morgan fingerprint density at radius 2 is 1.80 bits per heavy atom. The maximum absolute atomic E-state index is 11.4. The number of quaternary nitrogens is 1. The van der Waals surface area contributed by atoms with E-state index in [4.69, 9.17) is 10.8 Å². The Balaban J connectivity index is 5.08. The zero-order chi connectivity index (χ0) is 12.4. The number of carboxylic acid groups (broad SMARTS) is 1. The van der Waals surface area contributed by atoms with Crippen molar-refractivity contribution in [3.8, 4) is 0 Å². The molecule has 4 N–H and O–H groups in total. The van der Waals surface area contributed by atoms with Crippen LogP contribution in [0, 0.1) is 0 Å². The number of Topliss-reactive ketones (excluding diaryl/α,β-unsaturated/α-hetero) is 1. The number of ketones is 1. The Labute approximate surface area is 88.9 Å². The molecule has 2 atom stereocenters. The molecule has 0 saturated heterocycles. The van der Waals surface area contributed by atoms with E-state index < -0.39 is 24.2 Å². The molecule has 0 aromatic carbocycles. The molecule has 0 fully saturated rings. The van der Waals surface area contributed by atoms with E-state index in [9.17, 15) is 14.7 Å². The number of aliphatic hydroxyl groups is 1. The van der Waals surface area contributed by atoms with Crippen LogP contribution in [0.3, 0.4) is 0 Å². The van der Waals surface area contributed by atoms with Crippen molar-refractivity contribution in [3.05, 3.63) is 0 Å². The number of carbonyl (C=O) groups excluding carboxylic acids is 1. The number of hydrogen-bond acceptors (Lipinski definition) is 4. The minimum absolute atomic E-state index is 0.0790. The molecule has 0 heterocycles. The minimum atomic E-state index is -2.03. The molecule has 2 unspecified atom stereocenters. The van der Waals surface area contributed by atoms with Gasteiger partial charge in [-0.05, 0) is 0 Å². The largest absolute Gasteiger partial charge is 0.481 e. The standard InChI is InChI=1S/C9H18N2O4/c1-6(12)8(11(2,3)4)9(10,15)5-7(13)14/h8,15H,5,10H2,1-4H3/p+1. The zero-order valence-electron chi connectivity index (χ0n) is 9.52. The Morgan fingerprint density at radius 3 is 2.00 bits per heavy atom. The second kappa shape index (κ2) is 4.26. The summed E-state index contributed by atoms with van der Waals surface area (Å²) in [5, 5.41) is 18.4. The average Bonchev–Trinajstić information content (AvgIpc) is 1.74. The number of carboxylic acids is 1. The number of likely N-dealkylation sites (N-methyl/N-ethyl adjacent to an activating group) is 1. The predicted octanol–water partition coefficient (Wildman–Crippen LogP) is -1.23. The molecule has 0 aliphatic carbocycles. The van der Waals surface area contributed by atoms with E-state index in [-0.39, 0.29) is 10.3 Å². The summed E-state index contributed by atoms with van der Waals surface area (Å²) in [6, 6.07) is -0.964. The Hall–Kier alpha value is -0.980. The van der Waals surface area contributed by atoms with E-state index >= 15 is 0 Å².